The van der Waals surface area contributed by atoms with E-state index in [1.807, 2.05) is 40.1 Å². The molecular weight excluding hydrogens is 276 g/mol. The zero-order chi connectivity index (χ0) is 15.4. The Labute approximate surface area is 132 Å². The van der Waals surface area contributed by atoms with Crippen molar-refractivity contribution in [2.24, 2.45) is 5.92 Å². The van der Waals surface area contributed by atoms with Crippen molar-refractivity contribution >= 4 is 11.8 Å². The molecular formula is C18H24N2O2. The smallest absolute Gasteiger partial charge is 0.320 e. The SMILES string of the molecule is O=C(Cc1ccccc1)C1CCCN(C(=O)N2CCCC2)C1. The number of amides is 2. The Morgan fingerprint density at radius 1 is 0.955 bits per heavy atom. The molecule has 0 spiro atoms. The van der Waals surface area contributed by atoms with Crippen LogP contribution in [0.2, 0.25) is 0 Å². The van der Waals surface area contributed by atoms with Crippen LogP contribution in [0.25, 0.3) is 0 Å². The molecule has 3 rings (SSSR count). The number of piperidine rings is 1. The lowest BCUT2D eigenvalue weighted by atomic mass is 9.90. The first-order valence-corrected chi connectivity index (χ1v) is 8.34. The van der Waals surface area contributed by atoms with Gasteiger partial charge in [-0.1, -0.05) is 30.3 Å². The van der Waals surface area contributed by atoms with Crippen molar-refractivity contribution < 1.29 is 9.59 Å². The van der Waals surface area contributed by atoms with E-state index in [1.54, 1.807) is 0 Å². The molecule has 22 heavy (non-hydrogen) atoms. The van der Waals surface area contributed by atoms with E-state index in [1.165, 1.54) is 0 Å². The summed E-state index contributed by atoms with van der Waals surface area (Å²) in [5.74, 6) is 0.269. The van der Waals surface area contributed by atoms with Crippen LogP contribution in [0.1, 0.15) is 31.2 Å². The van der Waals surface area contributed by atoms with Gasteiger partial charge in [0.15, 0.2) is 0 Å². The number of carbonyl (C=O) groups excluding carboxylic acids is 2. The van der Waals surface area contributed by atoms with Crippen LogP contribution in [0.15, 0.2) is 30.3 Å². The largest absolute Gasteiger partial charge is 0.325 e. The molecule has 1 atom stereocenters. The fourth-order valence-corrected chi connectivity index (χ4v) is 3.46. The second kappa shape index (κ2) is 6.95. The van der Waals surface area contributed by atoms with Gasteiger partial charge in [0.25, 0.3) is 0 Å². The first-order valence-electron chi connectivity index (χ1n) is 8.34. The Kier molecular flexibility index (Phi) is 4.76. The molecule has 1 aromatic rings. The Bertz CT molecular complexity index is 523. The molecule has 2 amide bonds. The normalized spacial score (nSPS) is 21.9. The van der Waals surface area contributed by atoms with E-state index in [0.29, 0.717) is 13.0 Å². The van der Waals surface area contributed by atoms with E-state index in [9.17, 15) is 9.59 Å². The van der Waals surface area contributed by atoms with Crippen LogP contribution in [-0.4, -0.2) is 47.8 Å². The van der Waals surface area contributed by atoms with E-state index in [2.05, 4.69) is 0 Å². The number of Topliss-reactive ketones (excluding diaryl/α,β-unsaturated/α-hetero) is 1. The van der Waals surface area contributed by atoms with Crippen LogP contribution < -0.4 is 0 Å². The van der Waals surface area contributed by atoms with Gasteiger partial charge < -0.3 is 9.80 Å². The number of likely N-dealkylation sites (tertiary alicyclic amines) is 2. The first kappa shape index (κ1) is 15.1. The molecule has 0 saturated carbocycles. The van der Waals surface area contributed by atoms with Crippen molar-refractivity contribution in [2.75, 3.05) is 26.2 Å². The predicted molar refractivity (Wildman–Crippen MR) is 85.7 cm³/mol. The lowest BCUT2D eigenvalue weighted by Crippen LogP contribution is -2.48. The van der Waals surface area contributed by atoms with Gasteiger partial charge in [-0.25, -0.2) is 4.79 Å². The predicted octanol–water partition coefficient (Wildman–Crippen LogP) is 2.73. The average Bonchev–Trinajstić information content (AvgIpc) is 3.09. The summed E-state index contributed by atoms with van der Waals surface area (Å²) < 4.78 is 0. The third-order valence-electron chi connectivity index (χ3n) is 4.75. The van der Waals surface area contributed by atoms with Gasteiger partial charge in [-0.15, -0.1) is 0 Å². The summed E-state index contributed by atoms with van der Waals surface area (Å²) in [6.07, 6.45) is 4.55. The minimum absolute atomic E-state index is 0.000471. The quantitative estimate of drug-likeness (QED) is 0.861. The second-order valence-electron chi connectivity index (χ2n) is 6.39. The molecule has 0 aromatic heterocycles. The number of rotatable bonds is 3. The van der Waals surface area contributed by atoms with Crippen molar-refractivity contribution in [3.8, 4) is 0 Å². The molecule has 0 bridgehead atoms. The zero-order valence-electron chi connectivity index (χ0n) is 13.0. The van der Waals surface area contributed by atoms with Gasteiger partial charge in [0.1, 0.15) is 5.78 Å². The maximum absolute atomic E-state index is 12.5. The van der Waals surface area contributed by atoms with Crippen molar-refractivity contribution in [1.29, 1.82) is 0 Å². The fourth-order valence-electron chi connectivity index (χ4n) is 3.46. The number of urea groups is 1. The molecule has 0 N–H and O–H groups in total. The van der Waals surface area contributed by atoms with Crippen molar-refractivity contribution in [3.05, 3.63) is 35.9 Å². The summed E-state index contributed by atoms with van der Waals surface area (Å²) in [4.78, 5) is 28.8. The molecule has 1 unspecified atom stereocenters. The summed E-state index contributed by atoms with van der Waals surface area (Å²) in [6, 6.07) is 10.0. The van der Waals surface area contributed by atoms with E-state index in [4.69, 9.17) is 0 Å². The molecule has 2 fully saturated rings. The Balaban J connectivity index is 1.57. The van der Waals surface area contributed by atoms with Gasteiger partial charge in [0.2, 0.25) is 0 Å². The summed E-state index contributed by atoms with van der Waals surface area (Å²) in [6.45, 7) is 3.14. The first-order chi connectivity index (χ1) is 10.7. The number of nitrogens with zero attached hydrogens (tertiary/aromatic N) is 2. The summed E-state index contributed by atoms with van der Waals surface area (Å²) in [5.41, 5.74) is 1.07. The van der Waals surface area contributed by atoms with Crippen molar-refractivity contribution in [1.82, 2.24) is 9.80 Å². The lowest BCUT2D eigenvalue weighted by Gasteiger charge is -2.34. The maximum atomic E-state index is 12.5. The second-order valence-corrected chi connectivity index (χ2v) is 6.39. The van der Waals surface area contributed by atoms with E-state index < -0.39 is 0 Å². The summed E-state index contributed by atoms with van der Waals surface area (Å²) in [5, 5.41) is 0. The maximum Gasteiger partial charge on any atom is 0.320 e. The van der Waals surface area contributed by atoms with Crippen molar-refractivity contribution in [2.45, 2.75) is 32.1 Å². The van der Waals surface area contributed by atoms with Gasteiger partial charge in [0.05, 0.1) is 0 Å². The van der Waals surface area contributed by atoms with Crippen LogP contribution in [0.5, 0.6) is 0 Å². The van der Waals surface area contributed by atoms with E-state index in [0.717, 1.165) is 50.9 Å². The molecule has 2 heterocycles. The highest BCUT2D eigenvalue weighted by atomic mass is 16.2. The minimum atomic E-state index is 0.000471. The third kappa shape index (κ3) is 3.49. The van der Waals surface area contributed by atoms with E-state index >= 15 is 0 Å². The average molecular weight is 300 g/mol. The zero-order valence-corrected chi connectivity index (χ0v) is 13.0. The Hall–Kier alpha value is -1.84. The number of ketones is 1. The number of benzene rings is 1. The highest BCUT2D eigenvalue weighted by Crippen LogP contribution is 2.21. The monoisotopic (exact) mass is 300 g/mol. The van der Waals surface area contributed by atoms with Gasteiger partial charge in [-0.3, -0.25) is 4.79 Å². The van der Waals surface area contributed by atoms with Gasteiger partial charge in [0, 0.05) is 38.5 Å². The lowest BCUT2D eigenvalue weighted by molar-refractivity contribution is -0.123. The fraction of sp³-hybridized carbons (Fsp3) is 0.556. The molecule has 4 nitrogen and oxygen atoms in total. The third-order valence-corrected chi connectivity index (χ3v) is 4.75. The van der Waals surface area contributed by atoms with Crippen LogP contribution >= 0.6 is 0 Å². The van der Waals surface area contributed by atoms with Gasteiger partial charge >= 0.3 is 6.03 Å². The molecule has 2 aliphatic rings. The van der Waals surface area contributed by atoms with Crippen LogP contribution in [0, 0.1) is 5.92 Å². The molecule has 0 radical (unpaired) electrons. The highest BCUT2D eigenvalue weighted by Gasteiger charge is 2.31. The Morgan fingerprint density at radius 2 is 1.64 bits per heavy atom. The number of hydrogen-bond donors (Lipinski definition) is 0. The molecule has 118 valence electrons. The highest BCUT2D eigenvalue weighted by molar-refractivity contribution is 5.84. The van der Waals surface area contributed by atoms with Crippen LogP contribution in [-0.2, 0) is 11.2 Å². The minimum Gasteiger partial charge on any atom is -0.325 e. The molecule has 1 aromatic carbocycles. The summed E-state index contributed by atoms with van der Waals surface area (Å²) in [7, 11) is 0. The van der Waals surface area contributed by atoms with Crippen LogP contribution in [0.3, 0.4) is 0 Å². The topological polar surface area (TPSA) is 40.6 Å². The van der Waals surface area contributed by atoms with Gasteiger partial charge in [-0.05, 0) is 31.2 Å². The van der Waals surface area contributed by atoms with Crippen LogP contribution in [0.4, 0.5) is 4.79 Å². The standard InChI is InChI=1S/C18H24N2O2/c21-17(13-15-7-2-1-3-8-15)16-9-6-12-20(14-16)18(22)19-10-4-5-11-19/h1-3,7-8,16H,4-6,9-14H2. The van der Waals surface area contributed by atoms with Crippen molar-refractivity contribution in [3.63, 3.8) is 0 Å². The molecule has 4 heteroatoms. The Morgan fingerprint density at radius 3 is 2.36 bits per heavy atom. The molecule has 2 saturated heterocycles. The summed E-state index contributed by atoms with van der Waals surface area (Å²) >= 11 is 0. The molecule has 2 aliphatic heterocycles. The number of carbonyl (C=O) groups is 2. The van der Waals surface area contributed by atoms with E-state index in [-0.39, 0.29) is 17.7 Å². The number of hydrogen-bond acceptors (Lipinski definition) is 2. The molecule has 0 aliphatic carbocycles. The van der Waals surface area contributed by atoms with Gasteiger partial charge in [-0.2, -0.15) is 0 Å².